The van der Waals surface area contributed by atoms with E-state index in [-0.39, 0.29) is 5.82 Å². The van der Waals surface area contributed by atoms with Gasteiger partial charge in [-0.1, -0.05) is 45.4 Å². The first-order valence-corrected chi connectivity index (χ1v) is 6.78. The van der Waals surface area contributed by atoms with Crippen LogP contribution in [0.5, 0.6) is 0 Å². The average Bonchev–Trinajstić information content (AvgIpc) is 2.38. The van der Waals surface area contributed by atoms with E-state index in [1.165, 1.54) is 38.5 Å². The highest BCUT2D eigenvalue weighted by molar-refractivity contribution is 5.82. The number of carboxylic acid groups (broad SMARTS) is 1. The largest absolute Gasteiger partial charge is 0.475 e. The Morgan fingerprint density at radius 2 is 1.61 bits per heavy atom. The molecule has 0 aromatic carbocycles. The van der Waals surface area contributed by atoms with Gasteiger partial charge in [-0.3, -0.25) is 0 Å². The van der Waals surface area contributed by atoms with Crippen molar-refractivity contribution in [2.45, 2.75) is 58.3 Å². The summed E-state index contributed by atoms with van der Waals surface area (Å²) < 4.78 is 0. The van der Waals surface area contributed by atoms with Crippen molar-refractivity contribution >= 4 is 5.97 Å². The maximum Gasteiger partial charge on any atom is 0.373 e. The van der Waals surface area contributed by atoms with Crippen molar-refractivity contribution in [1.29, 1.82) is 0 Å². The minimum Gasteiger partial charge on any atom is -0.475 e. The lowest BCUT2D eigenvalue weighted by molar-refractivity contribution is 0.0683. The third-order valence-electron chi connectivity index (χ3n) is 2.97. The van der Waals surface area contributed by atoms with Gasteiger partial charge < -0.3 is 5.11 Å². The zero-order valence-corrected chi connectivity index (χ0v) is 11.1. The Morgan fingerprint density at radius 3 is 2.17 bits per heavy atom. The number of rotatable bonds is 9. The van der Waals surface area contributed by atoms with Crippen LogP contribution in [0.25, 0.3) is 0 Å². The van der Waals surface area contributed by atoms with Crippen LogP contribution in [0.3, 0.4) is 0 Å². The van der Waals surface area contributed by atoms with Gasteiger partial charge in [0.25, 0.3) is 0 Å². The van der Waals surface area contributed by atoms with Gasteiger partial charge in [0.2, 0.25) is 5.82 Å². The number of hydrogen-bond donors (Lipinski definition) is 1. The van der Waals surface area contributed by atoms with Gasteiger partial charge >= 0.3 is 5.97 Å². The zero-order valence-electron chi connectivity index (χ0n) is 11.1. The summed E-state index contributed by atoms with van der Waals surface area (Å²) in [5.74, 6) is -1.20. The van der Waals surface area contributed by atoms with E-state index in [0.29, 0.717) is 0 Å². The number of hydrogen-bond acceptors (Lipinski definition) is 3. The highest BCUT2D eigenvalue weighted by Crippen LogP contribution is 2.09. The van der Waals surface area contributed by atoms with Gasteiger partial charge in [0.05, 0.1) is 0 Å². The summed E-state index contributed by atoms with van der Waals surface area (Å²) >= 11 is 0. The van der Waals surface area contributed by atoms with Crippen molar-refractivity contribution in [3.8, 4) is 0 Å². The van der Waals surface area contributed by atoms with Gasteiger partial charge in [-0.05, 0) is 18.4 Å². The third-order valence-corrected chi connectivity index (χ3v) is 2.97. The molecule has 0 unspecified atom stereocenters. The first-order chi connectivity index (χ1) is 8.74. The van der Waals surface area contributed by atoms with E-state index in [1.54, 1.807) is 12.4 Å². The molecule has 0 saturated heterocycles. The number of carboxylic acids is 1. The molecule has 0 aliphatic rings. The van der Waals surface area contributed by atoms with Crippen LogP contribution in [0, 0.1) is 0 Å². The Hall–Kier alpha value is -1.45. The number of carbonyl (C=O) groups is 1. The van der Waals surface area contributed by atoms with Crippen molar-refractivity contribution in [2.24, 2.45) is 0 Å². The maximum atomic E-state index is 10.6. The van der Waals surface area contributed by atoms with Gasteiger partial charge in [0.15, 0.2) is 0 Å². The predicted molar refractivity (Wildman–Crippen MR) is 70.7 cm³/mol. The summed E-state index contributed by atoms with van der Waals surface area (Å²) in [6.07, 6.45) is 13.1. The maximum absolute atomic E-state index is 10.6. The topological polar surface area (TPSA) is 63.1 Å². The Kier molecular flexibility index (Phi) is 6.99. The SMILES string of the molecule is CCCCCCCCCc1cnc(C(=O)O)nc1. The van der Waals surface area contributed by atoms with E-state index in [2.05, 4.69) is 16.9 Å². The molecule has 0 bridgehead atoms. The molecular weight excluding hydrogens is 228 g/mol. The molecule has 1 heterocycles. The lowest BCUT2D eigenvalue weighted by Gasteiger charge is -2.02. The van der Waals surface area contributed by atoms with Gasteiger partial charge in [0.1, 0.15) is 0 Å². The lowest BCUT2D eigenvalue weighted by atomic mass is 10.1. The summed E-state index contributed by atoms with van der Waals surface area (Å²) in [6.45, 7) is 2.22. The summed E-state index contributed by atoms with van der Waals surface area (Å²) in [4.78, 5) is 18.2. The van der Waals surface area contributed by atoms with Crippen LogP contribution in [0.2, 0.25) is 0 Å². The first kappa shape index (κ1) is 14.6. The summed E-state index contributed by atoms with van der Waals surface area (Å²) in [5, 5.41) is 8.67. The van der Waals surface area contributed by atoms with Gasteiger partial charge in [-0.25, -0.2) is 14.8 Å². The van der Waals surface area contributed by atoms with E-state index in [1.807, 2.05) is 0 Å². The normalized spacial score (nSPS) is 10.5. The minimum atomic E-state index is -1.07. The molecule has 18 heavy (non-hydrogen) atoms. The van der Waals surface area contributed by atoms with Gasteiger partial charge in [-0.2, -0.15) is 0 Å². The second-order valence-corrected chi connectivity index (χ2v) is 4.59. The molecule has 1 aromatic heterocycles. The smallest absolute Gasteiger partial charge is 0.373 e. The number of aryl methyl sites for hydroxylation is 1. The van der Waals surface area contributed by atoms with Crippen LogP contribution >= 0.6 is 0 Å². The fourth-order valence-electron chi connectivity index (χ4n) is 1.88. The number of unbranched alkanes of at least 4 members (excludes halogenated alkanes) is 6. The second-order valence-electron chi connectivity index (χ2n) is 4.59. The Labute approximate surface area is 108 Å². The fourth-order valence-corrected chi connectivity index (χ4v) is 1.88. The molecule has 0 aliphatic carbocycles. The van der Waals surface area contributed by atoms with Crippen LogP contribution in [0.1, 0.15) is 68.1 Å². The molecule has 4 heteroatoms. The van der Waals surface area contributed by atoms with E-state index < -0.39 is 5.97 Å². The number of aromatic carboxylic acids is 1. The molecule has 0 atom stereocenters. The molecule has 0 fully saturated rings. The molecule has 1 N–H and O–H groups in total. The zero-order chi connectivity index (χ0) is 13.2. The average molecular weight is 250 g/mol. The van der Waals surface area contributed by atoms with Crippen molar-refractivity contribution in [2.75, 3.05) is 0 Å². The molecule has 0 saturated carbocycles. The van der Waals surface area contributed by atoms with Crippen LogP contribution in [0.15, 0.2) is 12.4 Å². The van der Waals surface area contributed by atoms with Crippen LogP contribution in [0.4, 0.5) is 0 Å². The molecule has 1 aromatic rings. The molecule has 1 rings (SSSR count). The van der Waals surface area contributed by atoms with Gasteiger partial charge in [0, 0.05) is 12.4 Å². The highest BCUT2D eigenvalue weighted by Gasteiger charge is 2.05. The van der Waals surface area contributed by atoms with Gasteiger partial charge in [-0.15, -0.1) is 0 Å². The molecule has 0 aliphatic heterocycles. The Balaban J connectivity index is 2.14. The monoisotopic (exact) mass is 250 g/mol. The van der Waals surface area contributed by atoms with E-state index in [9.17, 15) is 4.79 Å². The van der Waals surface area contributed by atoms with Crippen molar-refractivity contribution < 1.29 is 9.90 Å². The van der Waals surface area contributed by atoms with Crippen LogP contribution in [-0.2, 0) is 6.42 Å². The second kappa shape index (κ2) is 8.61. The molecule has 0 spiro atoms. The summed E-state index contributed by atoms with van der Waals surface area (Å²) in [5.41, 5.74) is 1.02. The van der Waals surface area contributed by atoms with Crippen LogP contribution < -0.4 is 0 Å². The van der Waals surface area contributed by atoms with E-state index >= 15 is 0 Å². The molecule has 100 valence electrons. The lowest BCUT2D eigenvalue weighted by Crippen LogP contribution is -2.04. The van der Waals surface area contributed by atoms with Crippen LogP contribution in [-0.4, -0.2) is 21.0 Å². The summed E-state index contributed by atoms with van der Waals surface area (Å²) in [7, 11) is 0. The first-order valence-electron chi connectivity index (χ1n) is 6.78. The Morgan fingerprint density at radius 1 is 1.06 bits per heavy atom. The van der Waals surface area contributed by atoms with Crippen molar-refractivity contribution in [3.05, 3.63) is 23.8 Å². The standard InChI is InChI=1S/C14H22N2O2/c1-2-3-4-5-6-7-8-9-12-10-15-13(14(17)18)16-11-12/h10-11H,2-9H2,1H3,(H,17,18). The van der Waals surface area contributed by atoms with E-state index in [0.717, 1.165) is 18.4 Å². The number of aromatic nitrogens is 2. The highest BCUT2D eigenvalue weighted by atomic mass is 16.4. The quantitative estimate of drug-likeness (QED) is 0.682. The molecule has 0 amide bonds. The molecular formula is C14H22N2O2. The fraction of sp³-hybridized carbons (Fsp3) is 0.643. The van der Waals surface area contributed by atoms with Crippen molar-refractivity contribution in [3.63, 3.8) is 0 Å². The molecule has 0 radical (unpaired) electrons. The Bertz CT molecular complexity index is 349. The number of nitrogens with zero attached hydrogens (tertiary/aromatic N) is 2. The minimum absolute atomic E-state index is 0.127. The third kappa shape index (κ3) is 5.75. The molecule has 4 nitrogen and oxygen atoms in total. The predicted octanol–water partition coefficient (Wildman–Crippen LogP) is 3.47. The summed E-state index contributed by atoms with van der Waals surface area (Å²) in [6, 6.07) is 0. The van der Waals surface area contributed by atoms with E-state index in [4.69, 9.17) is 5.11 Å². The van der Waals surface area contributed by atoms with Crippen molar-refractivity contribution in [1.82, 2.24) is 9.97 Å².